The maximum absolute atomic E-state index is 12.7. The lowest BCUT2D eigenvalue weighted by atomic mass is 10.1. The summed E-state index contributed by atoms with van der Waals surface area (Å²) in [4.78, 5) is 16.9. The van der Waals surface area contributed by atoms with Crippen molar-refractivity contribution in [3.63, 3.8) is 0 Å². The Morgan fingerprint density at radius 2 is 1.74 bits per heavy atom. The van der Waals surface area contributed by atoms with Gasteiger partial charge in [0, 0.05) is 36.8 Å². The Balaban J connectivity index is 1.79. The summed E-state index contributed by atoms with van der Waals surface area (Å²) < 4.78 is 0.838. The minimum Gasteiger partial charge on any atom is -0.371 e. The maximum atomic E-state index is 12.7. The minimum atomic E-state index is 0.0358. The first-order valence-electron chi connectivity index (χ1n) is 7.99. The van der Waals surface area contributed by atoms with Crippen molar-refractivity contribution in [1.29, 1.82) is 0 Å². The number of para-hydroxylation sites is 1. The number of amides is 1. The third-order valence-corrected chi connectivity index (χ3v) is 4.99. The molecule has 2 aromatic rings. The summed E-state index contributed by atoms with van der Waals surface area (Å²) in [5.41, 5.74) is 3.17. The molecule has 1 saturated heterocycles. The van der Waals surface area contributed by atoms with Crippen molar-refractivity contribution in [2.45, 2.75) is 19.4 Å². The highest BCUT2D eigenvalue weighted by Crippen LogP contribution is 2.26. The van der Waals surface area contributed by atoms with Gasteiger partial charge in [-0.2, -0.15) is 0 Å². The molecule has 1 fully saturated rings. The summed E-state index contributed by atoms with van der Waals surface area (Å²) in [5.74, 6) is 0.0358. The molecule has 0 N–H and O–H groups in total. The van der Waals surface area contributed by atoms with E-state index in [0.29, 0.717) is 12.1 Å². The fourth-order valence-corrected chi connectivity index (χ4v) is 3.53. The topological polar surface area (TPSA) is 23.6 Å². The Labute approximate surface area is 146 Å². The molecule has 4 heteroatoms. The highest BCUT2D eigenvalue weighted by atomic mass is 79.9. The third kappa shape index (κ3) is 3.58. The van der Waals surface area contributed by atoms with Crippen molar-refractivity contribution in [2.24, 2.45) is 0 Å². The number of anilines is 1. The molecule has 1 amide bonds. The molecule has 0 unspecified atom stereocenters. The Morgan fingerprint density at radius 3 is 2.48 bits per heavy atom. The van der Waals surface area contributed by atoms with E-state index >= 15 is 0 Å². The van der Waals surface area contributed by atoms with Gasteiger partial charge in [0.05, 0.1) is 5.56 Å². The summed E-state index contributed by atoms with van der Waals surface area (Å²) in [6.45, 7) is 2.84. The van der Waals surface area contributed by atoms with E-state index < -0.39 is 0 Å². The summed E-state index contributed by atoms with van der Waals surface area (Å²) in [6.07, 6.45) is 2.50. The van der Waals surface area contributed by atoms with Crippen molar-refractivity contribution < 1.29 is 4.79 Å². The van der Waals surface area contributed by atoms with Gasteiger partial charge >= 0.3 is 0 Å². The predicted molar refractivity (Wildman–Crippen MR) is 97.8 cm³/mol. The normalized spacial score (nSPS) is 14.1. The average molecular weight is 373 g/mol. The quantitative estimate of drug-likeness (QED) is 0.797. The Hall–Kier alpha value is -1.81. The monoisotopic (exact) mass is 372 g/mol. The van der Waals surface area contributed by atoms with Crippen LogP contribution in [0.3, 0.4) is 0 Å². The zero-order valence-electron chi connectivity index (χ0n) is 13.3. The van der Waals surface area contributed by atoms with Crippen LogP contribution in [0.25, 0.3) is 0 Å². The van der Waals surface area contributed by atoms with Gasteiger partial charge in [-0.15, -0.1) is 0 Å². The van der Waals surface area contributed by atoms with Crippen molar-refractivity contribution in [1.82, 2.24) is 4.90 Å². The number of benzene rings is 2. The third-order valence-electron chi connectivity index (χ3n) is 4.30. The highest BCUT2D eigenvalue weighted by Gasteiger charge is 2.19. The zero-order valence-corrected chi connectivity index (χ0v) is 14.9. The lowest BCUT2D eigenvalue weighted by molar-refractivity contribution is 0.0784. The molecular formula is C19H21BrN2O. The van der Waals surface area contributed by atoms with Crippen LogP contribution in [0.15, 0.2) is 53.0 Å². The van der Waals surface area contributed by atoms with Crippen molar-refractivity contribution in [3.05, 3.63) is 64.1 Å². The van der Waals surface area contributed by atoms with Crippen molar-refractivity contribution in [3.8, 4) is 0 Å². The summed E-state index contributed by atoms with van der Waals surface area (Å²) in [5, 5.41) is 0. The van der Waals surface area contributed by atoms with Gasteiger partial charge in [-0.05, 0) is 52.5 Å². The van der Waals surface area contributed by atoms with E-state index in [4.69, 9.17) is 0 Å². The van der Waals surface area contributed by atoms with Crippen LogP contribution in [0.2, 0.25) is 0 Å². The molecule has 0 radical (unpaired) electrons. The Morgan fingerprint density at radius 1 is 1.09 bits per heavy atom. The first-order valence-corrected chi connectivity index (χ1v) is 8.79. The lowest BCUT2D eigenvalue weighted by Gasteiger charge is -2.24. The second-order valence-corrected chi connectivity index (χ2v) is 6.82. The van der Waals surface area contributed by atoms with E-state index in [1.54, 1.807) is 4.90 Å². The first kappa shape index (κ1) is 16.1. The second-order valence-electron chi connectivity index (χ2n) is 5.96. The number of nitrogens with zero attached hydrogens (tertiary/aromatic N) is 2. The van der Waals surface area contributed by atoms with Gasteiger partial charge in [0.25, 0.3) is 5.91 Å². The van der Waals surface area contributed by atoms with E-state index in [9.17, 15) is 4.79 Å². The van der Waals surface area contributed by atoms with Crippen LogP contribution in [-0.2, 0) is 6.54 Å². The number of halogens is 1. The molecule has 1 aliphatic rings. The Bertz CT molecular complexity index is 695. The van der Waals surface area contributed by atoms with Gasteiger partial charge in [-0.25, -0.2) is 0 Å². The van der Waals surface area contributed by atoms with E-state index in [2.05, 4.69) is 39.0 Å². The van der Waals surface area contributed by atoms with Crippen LogP contribution in [0.4, 0.5) is 5.69 Å². The van der Waals surface area contributed by atoms with Gasteiger partial charge in [0.15, 0.2) is 0 Å². The molecule has 3 rings (SSSR count). The molecule has 2 aromatic carbocycles. The molecule has 1 aliphatic heterocycles. The van der Waals surface area contributed by atoms with E-state index in [0.717, 1.165) is 17.6 Å². The molecule has 0 aliphatic carbocycles. The fraction of sp³-hybridized carbons (Fsp3) is 0.316. The molecule has 0 spiro atoms. The highest BCUT2D eigenvalue weighted by molar-refractivity contribution is 9.10. The van der Waals surface area contributed by atoms with Crippen LogP contribution in [0, 0.1) is 0 Å². The Kier molecular flexibility index (Phi) is 5.01. The lowest BCUT2D eigenvalue weighted by Crippen LogP contribution is -2.28. The molecule has 0 bridgehead atoms. The van der Waals surface area contributed by atoms with E-state index in [1.807, 2.05) is 37.4 Å². The van der Waals surface area contributed by atoms with E-state index in [1.165, 1.54) is 24.1 Å². The first-order chi connectivity index (χ1) is 11.2. The van der Waals surface area contributed by atoms with Crippen LogP contribution in [0.5, 0.6) is 0 Å². The summed E-state index contributed by atoms with van der Waals surface area (Å²) in [6, 6.07) is 16.0. The number of hydrogen-bond donors (Lipinski definition) is 0. The minimum absolute atomic E-state index is 0.0358. The summed E-state index contributed by atoms with van der Waals surface area (Å²) >= 11 is 3.46. The van der Waals surface area contributed by atoms with Gasteiger partial charge in [0.1, 0.15) is 0 Å². The standard InChI is InChI=1S/C19H21BrN2O/c1-21(19(23)16-9-3-4-10-17(16)20)14-15-8-2-5-11-18(15)22-12-6-7-13-22/h2-5,8-11H,6-7,12-14H2,1H3. The van der Waals surface area contributed by atoms with Crippen molar-refractivity contribution >= 4 is 27.5 Å². The molecule has 23 heavy (non-hydrogen) atoms. The van der Waals surface area contributed by atoms with Gasteiger partial charge in [0.2, 0.25) is 0 Å². The van der Waals surface area contributed by atoms with Crippen LogP contribution in [-0.4, -0.2) is 30.9 Å². The molecule has 0 atom stereocenters. The van der Waals surface area contributed by atoms with E-state index in [-0.39, 0.29) is 5.91 Å². The number of rotatable bonds is 4. The zero-order chi connectivity index (χ0) is 16.2. The number of carbonyl (C=O) groups excluding carboxylic acids is 1. The smallest absolute Gasteiger partial charge is 0.255 e. The van der Waals surface area contributed by atoms with Crippen LogP contribution in [0.1, 0.15) is 28.8 Å². The SMILES string of the molecule is CN(Cc1ccccc1N1CCCC1)C(=O)c1ccccc1Br. The number of hydrogen-bond acceptors (Lipinski definition) is 2. The fourth-order valence-electron chi connectivity index (χ4n) is 3.08. The van der Waals surface area contributed by atoms with Gasteiger partial charge in [-0.1, -0.05) is 30.3 Å². The van der Waals surface area contributed by atoms with Gasteiger partial charge in [-0.3, -0.25) is 4.79 Å². The average Bonchev–Trinajstić information content (AvgIpc) is 3.09. The van der Waals surface area contributed by atoms with Gasteiger partial charge < -0.3 is 9.80 Å². The summed E-state index contributed by atoms with van der Waals surface area (Å²) in [7, 11) is 1.86. The van der Waals surface area contributed by atoms with Crippen LogP contribution >= 0.6 is 15.9 Å². The molecular weight excluding hydrogens is 352 g/mol. The molecule has 120 valence electrons. The molecule has 0 aromatic heterocycles. The van der Waals surface area contributed by atoms with Crippen LogP contribution < -0.4 is 4.90 Å². The molecule has 3 nitrogen and oxygen atoms in total. The number of carbonyl (C=O) groups is 1. The molecule has 1 heterocycles. The maximum Gasteiger partial charge on any atom is 0.255 e. The second kappa shape index (κ2) is 7.18. The van der Waals surface area contributed by atoms with Crippen molar-refractivity contribution in [2.75, 3.05) is 25.0 Å². The largest absolute Gasteiger partial charge is 0.371 e. The molecule has 0 saturated carbocycles. The predicted octanol–water partition coefficient (Wildman–Crippen LogP) is 4.32.